The molecule has 0 saturated heterocycles. The summed E-state index contributed by atoms with van der Waals surface area (Å²) in [5.74, 6) is -1.23. The summed E-state index contributed by atoms with van der Waals surface area (Å²) in [5, 5.41) is 3.29. The van der Waals surface area contributed by atoms with Gasteiger partial charge in [-0.25, -0.2) is 9.18 Å². The van der Waals surface area contributed by atoms with Crippen LogP contribution in [0, 0.1) is 5.82 Å². The van der Waals surface area contributed by atoms with Gasteiger partial charge in [-0.15, -0.1) is 11.3 Å². The molecule has 0 radical (unpaired) electrons. The first kappa shape index (κ1) is 18.5. The van der Waals surface area contributed by atoms with Gasteiger partial charge in [-0.05, 0) is 50.1 Å². The zero-order valence-corrected chi connectivity index (χ0v) is 15.8. The molecule has 0 saturated carbocycles. The van der Waals surface area contributed by atoms with Crippen molar-refractivity contribution in [3.8, 4) is 0 Å². The third-order valence-corrected chi connectivity index (χ3v) is 5.67. The highest BCUT2D eigenvalue weighted by atomic mass is 32.1. The normalized spacial score (nSPS) is 14.2. The second-order valence-electron chi connectivity index (χ2n) is 6.47. The molecule has 138 valence electrons. The Kier molecular flexibility index (Phi) is 5.38. The number of anilines is 1. The number of carbonyl (C=O) groups is 2. The average Bonchev–Trinajstić information content (AvgIpc) is 2.98. The van der Waals surface area contributed by atoms with Crippen LogP contribution in [0.5, 0.6) is 0 Å². The zero-order chi connectivity index (χ0) is 18.8. The topological polar surface area (TPSA) is 58.6 Å². The van der Waals surface area contributed by atoms with Gasteiger partial charge >= 0.3 is 5.97 Å². The Balaban J connectivity index is 1.92. The first-order valence-electron chi connectivity index (χ1n) is 8.44. The fourth-order valence-corrected chi connectivity index (χ4v) is 4.30. The standard InChI is InChI=1S/C19H21FN2O3S/c1-11(2)22-9-8-14-15(10-22)26-18(16(14)19(24)25-3)21-17(23)12-4-6-13(20)7-5-12/h4-7,11H,8-10H2,1-3H3,(H,21,23). The summed E-state index contributed by atoms with van der Waals surface area (Å²) in [6.45, 7) is 5.87. The minimum atomic E-state index is -0.449. The Hall–Kier alpha value is -2.25. The molecule has 1 aromatic carbocycles. The van der Waals surface area contributed by atoms with Crippen molar-refractivity contribution in [3.63, 3.8) is 0 Å². The van der Waals surface area contributed by atoms with Crippen molar-refractivity contribution in [2.24, 2.45) is 0 Å². The van der Waals surface area contributed by atoms with Crippen LogP contribution >= 0.6 is 11.3 Å². The van der Waals surface area contributed by atoms with Crippen LogP contribution in [0.25, 0.3) is 0 Å². The third kappa shape index (κ3) is 3.64. The number of fused-ring (bicyclic) bond motifs is 1. The van der Waals surface area contributed by atoms with Crippen molar-refractivity contribution in [2.75, 3.05) is 19.0 Å². The van der Waals surface area contributed by atoms with Crippen LogP contribution in [0.4, 0.5) is 9.39 Å². The van der Waals surface area contributed by atoms with Crippen LogP contribution in [0.15, 0.2) is 24.3 Å². The van der Waals surface area contributed by atoms with E-state index >= 15 is 0 Å². The minimum Gasteiger partial charge on any atom is -0.465 e. The first-order chi connectivity index (χ1) is 12.4. The van der Waals surface area contributed by atoms with Crippen molar-refractivity contribution >= 4 is 28.2 Å². The fraction of sp³-hybridized carbons (Fsp3) is 0.368. The summed E-state index contributed by atoms with van der Waals surface area (Å²) in [6.07, 6.45) is 0.737. The molecule has 26 heavy (non-hydrogen) atoms. The molecule has 0 unspecified atom stereocenters. The van der Waals surface area contributed by atoms with Gasteiger partial charge in [0.2, 0.25) is 0 Å². The van der Waals surface area contributed by atoms with Crippen molar-refractivity contribution in [3.05, 3.63) is 51.7 Å². The number of rotatable bonds is 4. The Morgan fingerprint density at radius 1 is 1.27 bits per heavy atom. The van der Waals surface area contributed by atoms with Crippen LogP contribution in [0.3, 0.4) is 0 Å². The number of halogens is 1. The van der Waals surface area contributed by atoms with E-state index in [1.807, 2.05) is 0 Å². The molecular weight excluding hydrogens is 355 g/mol. The van der Waals surface area contributed by atoms with Crippen LogP contribution in [0.1, 0.15) is 45.0 Å². The fourth-order valence-electron chi connectivity index (χ4n) is 3.05. The van der Waals surface area contributed by atoms with Crippen molar-refractivity contribution < 1.29 is 18.7 Å². The van der Waals surface area contributed by atoms with Gasteiger partial charge in [-0.2, -0.15) is 0 Å². The van der Waals surface area contributed by atoms with Gasteiger partial charge in [0.1, 0.15) is 10.8 Å². The van der Waals surface area contributed by atoms with E-state index in [2.05, 4.69) is 24.1 Å². The molecule has 0 spiro atoms. The largest absolute Gasteiger partial charge is 0.465 e. The zero-order valence-electron chi connectivity index (χ0n) is 15.0. The van der Waals surface area contributed by atoms with Gasteiger partial charge in [0.15, 0.2) is 0 Å². The highest BCUT2D eigenvalue weighted by Gasteiger charge is 2.30. The molecule has 3 rings (SSSR count). The van der Waals surface area contributed by atoms with Crippen molar-refractivity contribution in [2.45, 2.75) is 32.9 Å². The lowest BCUT2D eigenvalue weighted by molar-refractivity contribution is 0.0600. The molecule has 1 aromatic heterocycles. The quantitative estimate of drug-likeness (QED) is 0.827. The second kappa shape index (κ2) is 7.55. The number of benzene rings is 1. The van der Waals surface area contributed by atoms with Crippen LogP contribution in [-0.4, -0.2) is 36.5 Å². The summed E-state index contributed by atoms with van der Waals surface area (Å²) in [5.41, 5.74) is 1.72. The van der Waals surface area contributed by atoms with Crippen LogP contribution in [-0.2, 0) is 17.7 Å². The van der Waals surface area contributed by atoms with Gasteiger partial charge in [-0.1, -0.05) is 0 Å². The summed E-state index contributed by atoms with van der Waals surface area (Å²) in [4.78, 5) is 28.2. The van der Waals surface area contributed by atoms with Gasteiger partial charge in [-0.3, -0.25) is 9.69 Å². The lowest BCUT2D eigenvalue weighted by atomic mass is 10.0. The molecule has 2 aromatic rings. The van der Waals surface area contributed by atoms with Gasteiger partial charge in [0.25, 0.3) is 5.91 Å². The first-order valence-corrected chi connectivity index (χ1v) is 9.26. The van der Waals surface area contributed by atoms with Gasteiger partial charge in [0.05, 0.1) is 12.7 Å². The van der Waals surface area contributed by atoms with Crippen molar-refractivity contribution in [1.82, 2.24) is 4.90 Å². The number of amides is 1. The van der Waals surface area contributed by atoms with E-state index in [9.17, 15) is 14.0 Å². The van der Waals surface area contributed by atoms with Crippen LogP contribution < -0.4 is 5.32 Å². The Morgan fingerprint density at radius 3 is 2.58 bits per heavy atom. The predicted octanol–water partition coefficient (Wildman–Crippen LogP) is 3.69. The van der Waals surface area contributed by atoms with E-state index < -0.39 is 11.8 Å². The van der Waals surface area contributed by atoms with E-state index in [1.165, 1.54) is 42.7 Å². The number of esters is 1. The maximum absolute atomic E-state index is 13.1. The number of hydrogen-bond acceptors (Lipinski definition) is 5. The maximum Gasteiger partial charge on any atom is 0.341 e. The monoisotopic (exact) mass is 376 g/mol. The van der Waals surface area contributed by atoms with E-state index in [0.717, 1.165) is 30.0 Å². The highest BCUT2D eigenvalue weighted by molar-refractivity contribution is 7.17. The van der Waals surface area contributed by atoms with Gasteiger partial charge < -0.3 is 10.1 Å². The molecule has 0 atom stereocenters. The molecule has 0 aliphatic carbocycles. The van der Waals surface area contributed by atoms with Crippen LogP contribution in [0.2, 0.25) is 0 Å². The molecule has 7 heteroatoms. The SMILES string of the molecule is COC(=O)c1c(NC(=O)c2ccc(F)cc2)sc2c1CCN(C(C)C)C2. The molecular formula is C19H21FN2O3S. The molecule has 0 fully saturated rings. The molecule has 5 nitrogen and oxygen atoms in total. The van der Waals surface area contributed by atoms with E-state index in [1.54, 1.807) is 0 Å². The lowest BCUT2D eigenvalue weighted by Gasteiger charge is -2.30. The summed E-state index contributed by atoms with van der Waals surface area (Å²) in [7, 11) is 1.33. The summed E-state index contributed by atoms with van der Waals surface area (Å²) >= 11 is 1.40. The van der Waals surface area contributed by atoms with Gasteiger partial charge in [0, 0.05) is 29.6 Å². The Bertz CT molecular complexity index is 830. The Labute approximate surface area is 155 Å². The molecule has 1 aliphatic heterocycles. The molecule has 0 bridgehead atoms. The molecule has 1 amide bonds. The average molecular weight is 376 g/mol. The molecule has 1 aliphatic rings. The predicted molar refractivity (Wildman–Crippen MR) is 99.3 cm³/mol. The maximum atomic E-state index is 13.1. The third-order valence-electron chi connectivity index (χ3n) is 4.54. The van der Waals surface area contributed by atoms with E-state index in [0.29, 0.717) is 22.2 Å². The Morgan fingerprint density at radius 2 is 1.96 bits per heavy atom. The lowest BCUT2D eigenvalue weighted by Crippen LogP contribution is -2.35. The number of hydrogen-bond donors (Lipinski definition) is 1. The number of ether oxygens (including phenoxy) is 1. The minimum absolute atomic E-state index is 0.331. The number of thiophene rings is 1. The summed E-state index contributed by atoms with van der Waals surface area (Å²) < 4.78 is 18.0. The second-order valence-corrected chi connectivity index (χ2v) is 7.58. The smallest absolute Gasteiger partial charge is 0.341 e. The highest BCUT2D eigenvalue weighted by Crippen LogP contribution is 2.38. The number of carbonyl (C=O) groups excluding carboxylic acids is 2. The van der Waals surface area contributed by atoms with E-state index in [4.69, 9.17) is 4.74 Å². The van der Waals surface area contributed by atoms with E-state index in [-0.39, 0.29) is 5.91 Å². The number of nitrogens with zero attached hydrogens (tertiary/aromatic N) is 1. The summed E-state index contributed by atoms with van der Waals surface area (Å²) in [6, 6.07) is 5.70. The number of nitrogens with one attached hydrogen (secondary N) is 1. The van der Waals surface area contributed by atoms with Crippen molar-refractivity contribution in [1.29, 1.82) is 0 Å². The molecule has 1 N–H and O–H groups in total. The number of methoxy groups -OCH3 is 1. The molecule has 2 heterocycles.